The summed E-state index contributed by atoms with van der Waals surface area (Å²) in [5.41, 5.74) is 3.78. The molecule has 1 unspecified atom stereocenters. The van der Waals surface area contributed by atoms with Crippen molar-refractivity contribution in [2.45, 2.75) is 39.4 Å². The van der Waals surface area contributed by atoms with Crippen LogP contribution >= 0.6 is 12.2 Å². The second-order valence-corrected chi connectivity index (χ2v) is 10.1. The zero-order chi connectivity index (χ0) is 28.5. The summed E-state index contributed by atoms with van der Waals surface area (Å²) >= 11 is 5.50. The molecule has 4 rings (SSSR count). The number of pyridine rings is 1. The first-order valence-electron chi connectivity index (χ1n) is 13.7. The predicted octanol–water partition coefficient (Wildman–Crippen LogP) is 3.60. The molecule has 0 saturated carbocycles. The van der Waals surface area contributed by atoms with Crippen molar-refractivity contribution in [3.8, 4) is 0 Å². The number of amides is 2. The van der Waals surface area contributed by atoms with E-state index in [-0.39, 0.29) is 11.8 Å². The highest BCUT2D eigenvalue weighted by Crippen LogP contribution is 2.27. The monoisotopic (exact) mass is 556 g/mol. The molecule has 1 aliphatic heterocycles. The number of benzene rings is 2. The molecule has 3 aromatic rings. The lowest BCUT2D eigenvalue weighted by atomic mass is 10.0. The molecule has 2 heterocycles. The van der Waals surface area contributed by atoms with Gasteiger partial charge in [0.15, 0.2) is 0 Å². The van der Waals surface area contributed by atoms with E-state index in [9.17, 15) is 9.59 Å². The number of carbonyl (C=O) groups is 2. The van der Waals surface area contributed by atoms with Crippen LogP contribution in [0.25, 0.3) is 0 Å². The summed E-state index contributed by atoms with van der Waals surface area (Å²) in [4.78, 5) is 41.2. The van der Waals surface area contributed by atoms with E-state index in [1.807, 2.05) is 72.8 Å². The van der Waals surface area contributed by atoms with Gasteiger partial charge < -0.3 is 20.4 Å². The van der Waals surface area contributed by atoms with Gasteiger partial charge in [-0.25, -0.2) is 4.99 Å². The fraction of sp³-hybridized carbons (Fsp3) is 0.323. The maximum atomic E-state index is 14.0. The third-order valence-electron chi connectivity index (χ3n) is 6.91. The highest BCUT2D eigenvalue weighted by atomic mass is 32.1. The number of benzodiazepines with no additional fused rings is 1. The molecule has 0 fully saturated rings. The van der Waals surface area contributed by atoms with Crippen LogP contribution in [0.15, 0.2) is 84.0 Å². The van der Waals surface area contributed by atoms with Crippen molar-refractivity contribution in [3.05, 3.63) is 95.8 Å². The lowest BCUT2D eigenvalue weighted by Crippen LogP contribution is -2.53. The molecule has 8 nitrogen and oxygen atoms in total. The quantitative estimate of drug-likeness (QED) is 0.351. The number of anilines is 1. The Labute approximate surface area is 241 Å². The molecule has 0 saturated heterocycles. The first-order valence-corrected chi connectivity index (χ1v) is 14.1. The number of nitrogens with zero attached hydrogens (tertiary/aromatic N) is 4. The highest BCUT2D eigenvalue weighted by Gasteiger charge is 2.34. The standard InChI is InChI=1S/C31H36N6O2S/c1-4-36(5-2)19-20-37-26-17-10-9-15-24(26)28(25-16-11-12-18-32-25)34-29(31(37)39)35-30(38)22(3)33-27(40)21-23-13-7-6-8-14-23/h6-18,22,29H,4-5,19-21H2,1-3H3,(H,33,40)(H,35,38)/t22-,29?/m0/s1. The molecule has 40 heavy (non-hydrogen) atoms. The fourth-order valence-corrected chi connectivity index (χ4v) is 4.98. The fourth-order valence-electron chi connectivity index (χ4n) is 4.64. The Kier molecular flexibility index (Phi) is 10.1. The van der Waals surface area contributed by atoms with E-state index in [4.69, 9.17) is 17.2 Å². The van der Waals surface area contributed by atoms with Crippen LogP contribution in [0.1, 0.15) is 37.6 Å². The summed E-state index contributed by atoms with van der Waals surface area (Å²) in [5.74, 6) is -0.662. The molecule has 2 aromatic carbocycles. The number of likely N-dealkylation sites (N-methyl/N-ethyl adjacent to an activating group) is 1. The molecule has 2 N–H and O–H groups in total. The van der Waals surface area contributed by atoms with Crippen LogP contribution in [-0.2, 0) is 16.0 Å². The molecule has 0 spiro atoms. The Morgan fingerprint density at radius 3 is 2.42 bits per heavy atom. The van der Waals surface area contributed by atoms with E-state index in [1.54, 1.807) is 18.0 Å². The van der Waals surface area contributed by atoms with Crippen LogP contribution in [0.3, 0.4) is 0 Å². The molecule has 1 aliphatic rings. The summed E-state index contributed by atoms with van der Waals surface area (Å²) in [5, 5.41) is 5.98. The number of aliphatic imine (C=N–C) groups is 1. The molecule has 2 amide bonds. The molecule has 208 valence electrons. The van der Waals surface area contributed by atoms with Crippen LogP contribution in [0, 0.1) is 0 Å². The number of nitrogens with one attached hydrogen (secondary N) is 2. The van der Waals surface area contributed by atoms with Crippen LogP contribution in [0.4, 0.5) is 5.69 Å². The van der Waals surface area contributed by atoms with Crippen molar-refractivity contribution in [2.24, 2.45) is 4.99 Å². The van der Waals surface area contributed by atoms with E-state index < -0.39 is 12.2 Å². The first-order chi connectivity index (χ1) is 19.4. The Morgan fingerprint density at radius 1 is 1.02 bits per heavy atom. The summed E-state index contributed by atoms with van der Waals surface area (Å²) in [6.45, 7) is 8.84. The molecule has 0 aliphatic carbocycles. The van der Waals surface area contributed by atoms with Crippen LogP contribution in [0.2, 0.25) is 0 Å². The average Bonchev–Trinajstić information content (AvgIpc) is 3.09. The summed E-state index contributed by atoms with van der Waals surface area (Å²) in [6, 6.07) is 22.4. The number of hydrogen-bond donors (Lipinski definition) is 2. The number of hydrogen-bond acceptors (Lipinski definition) is 6. The van der Waals surface area contributed by atoms with Crippen molar-refractivity contribution >= 4 is 40.4 Å². The van der Waals surface area contributed by atoms with Gasteiger partial charge in [-0.3, -0.25) is 14.6 Å². The van der Waals surface area contributed by atoms with Crippen molar-refractivity contribution < 1.29 is 9.59 Å². The number of carbonyl (C=O) groups excluding carboxylic acids is 2. The number of fused-ring (bicyclic) bond motifs is 1. The lowest BCUT2D eigenvalue weighted by molar-refractivity contribution is -0.128. The zero-order valence-electron chi connectivity index (χ0n) is 23.2. The van der Waals surface area contributed by atoms with Gasteiger partial charge in [0, 0.05) is 31.3 Å². The molecule has 0 bridgehead atoms. The van der Waals surface area contributed by atoms with Gasteiger partial charge in [0.1, 0.15) is 6.04 Å². The normalized spacial score (nSPS) is 15.6. The number of thiocarbonyl (C=S) groups is 1. The van der Waals surface area contributed by atoms with E-state index in [2.05, 4.69) is 34.4 Å². The minimum absolute atomic E-state index is 0.294. The van der Waals surface area contributed by atoms with Gasteiger partial charge in [-0.05, 0) is 43.8 Å². The van der Waals surface area contributed by atoms with Gasteiger partial charge in [-0.15, -0.1) is 0 Å². The maximum Gasteiger partial charge on any atom is 0.272 e. The zero-order valence-corrected chi connectivity index (χ0v) is 24.0. The minimum atomic E-state index is -1.12. The molecular weight excluding hydrogens is 520 g/mol. The number of aromatic nitrogens is 1. The highest BCUT2D eigenvalue weighted by molar-refractivity contribution is 7.80. The largest absolute Gasteiger partial charge is 0.368 e. The molecular formula is C31H36N6O2S. The summed E-state index contributed by atoms with van der Waals surface area (Å²) in [7, 11) is 0. The second-order valence-electron chi connectivity index (χ2n) is 9.59. The smallest absolute Gasteiger partial charge is 0.272 e. The molecule has 0 radical (unpaired) electrons. The van der Waals surface area contributed by atoms with Crippen LogP contribution in [0.5, 0.6) is 0 Å². The summed E-state index contributed by atoms with van der Waals surface area (Å²) < 4.78 is 0. The third kappa shape index (κ3) is 7.16. The minimum Gasteiger partial charge on any atom is -0.368 e. The van der Waals surface area contributed by atoms with E-state index >= 15 is 0 Å². The molecule has 1 aromatic heterocycles. The Hall–Kier alpha value is -3.95. The average molecular weight is 557 g/mol. The second kappa shape index (κ2) is 13.9. The first kappa shape index (κ1) is 29.0. The van der Waals surface area contributed by atoms with Gasteiger partial charge >= 0.3 is 0 Å². The van der Waals surface area contributed by atoms with Crippen molar-refractivity contribution in [1.29, 1.82) is 0 Å². The topological polar surface area (TPSA) is 89.9 Å². The van der Waals surface area contributed by atoms with Crippen molar-refractivity contribution in [1.82, 2.24) is 20.5 Å². The van der Waals surface area contributed by atoms with Crippen molar-refractivity contribution in [3.63, 3.8) is 0 Å². The van der Waals surface area contributed by atoms with Gasteiger partial charge in [-0.2, -0.15) is 0 Å². The predicted molar refractivity (Wildman–Crippen MR) is 164 cm³/mol. The van der Waals surface area contributed by atoms with Crippen LogP contribution in [-0.4, -0.2) is 70.8 Å². The Morgan fingerprint density at radius 2 is 1.73 bits per heavy atom. The Bertz CT molecular complexity index is 1340. The molecule has 9 heteroatoms. The number of rotatable bonds is 11. The summed E-state index contributed by atoms with van der Waals surface area (Å²) in [6.07, 6.45) is 1.09. The molecule has 2 atom stereocenters. The number of para-hydroxylation sites is 1. The van der Waals surface area contributed by atoms with Gasteiger partial charge in [0.2, 0.25) is 12.1 Å². The van der Waals surface area contributed by atoms with Gasteiger partial charge in [0.05, 0.1) is 22.1 Å². The van der Waals surface area contributed by atoms with Crippen LogP contribution < -0.4 is 15.5 Å². The maximum absolute atomic E-state index is 14.0. The Balaban J connectivity index is 1.61. The van der Waals surface area contributed by atoms with Gasteiger partial charge in [0.25, 0.3) is 5.91 Å². The van der Waals surface area contributed by atoms with Gasteiger partial charge in [-0.1, -0.05) is 80.7 Å². The van der Waals surface area contributed by atoms with E-state index in [1.165, 1.54) is 0 Å². The SMILES string of the molecule is CCN(CC)CCN1C(=O)C(NC(=O)[C@H](C)NC(=S)Cc2ccccc2)N=C(c2ccccn2)c2ccccc21. The lowest BCUT2D eigenvalue weighted by Gasteiger charge is -2.28. The third-order valence-corrected chi connectivity index (χ3v) is 7.17. The van der Waals surface area contributed by atoms with Crippen molar-refractivity contribution in [2.75, 3.05) is 31.1 Å². The van der Waals surface area contributed by atoms with E-state index in [0.717, 1.165) is 29.9 Å². The van der Waals surface area contributed by atoms with E-state index in [0.29, 0.717) is 35.9 Å².